The summed E-state index contributed by atoms with van der Waals surface area (Å²) in [5, 5.41) is 4.70. The summed E-state index contributed by atoms with van der Waals surface area (Å²) in [5.41, 5.74) is 6.09. The van der Waals surface area contributed by atoms with E-state index < -0.39 is 0 Å². The van der Waals surface area contributed by atoms with Crippen LogP contribution in [0.2, 0.25) is 5.02 Å². The monoisotopic (exact) mass is 385 g/mol. The molecule has 2 N–H and O–H groups in total. The smallest absolute Gasteiger partial charge is 0.252 e. The van der Waals surface area contributed by atoms with Gasteiger partial charge < -0.3 is 10.3 Å². The highest BCUT2D eigenvalue weighted by molar-refractivity contribution is 7.00. The van der Waals surface area contributed by atoms with Gasteiger partial charge in [-0.1, -0.05) is 17.7 Å². The summed E-state index contributed by atoms with van der Waals surface area (Å²) in [6.45, 7) is 4.58. The molecule has 8 heteroatoms. The van der Waals surface area contributed by atoms with E-state index >= 15 is 0 Å². The molecule has 26 heavy (non-hydrogen) atoms. The van der Waals surface area contributed by atoms with Crippen molar-refractivity contribution in [2.75, 3.05) is 6.54 Å². The van der Waals surface area contributed by atoms with Gasteiger partial charge in [0.15, 0.2) is 5.65 Å². The molecule has 0 saturated heterocycles. The number of pyridine rings is 1. The van der Waals surface area contributed by atoms with E-state index in [2.05, 4.69) is 31.0 Å². The van der Waals surface area contributed by atoms with Crippen LogP contribution in [-0.2, 0) is 6.42 Å². The van der Waals surface area contributed by atoms with Crippen molar-refractivity contribution in [3.8, 4) is 0 Å². The maximum Gasteiger partial charge on any atom is 0.252 e. The van der Waals surface area contributed by atoms with Crippen molar-refractivity contribution in [3.05, 3.63) is 51.8 Å². The van der Waals surface area contributed by atoms with E-state index in [-0.39, 0.29) is 5.91 Å². The summed E-state index contributed by atoms with van der Waals surface area (Å²) >= 11 is 7.49. The Labute approximate surface area is 158 Å². The van der Waals surface area contributed by atoms with Gasteiger partial charge in [-0.2, -0.15) is 8.75 Å². The molecule has 0 aliphatic carbocycles. The van der Waals surface area contributed by atoms with Crippen molar-refractivity contribution in [1.29, 1.82) is 0 Å². The zero-order valence-electron chi connectivity index (χ0n) is 14.3. The quantitative estimate of drug-likeness (QED) is 0.559. The molecule has 3 heterocycles. The molecule has 0 radical (unpaired) electrons. The first-order valence-electron chi connectivity index (χ1n) is 8.17. The molecule has 0 atom stereocenters. The first kappa shape index (κ1) is 16.9. The Balaban J connectivity index is 1.51. The highest BCUT2D eigenvalue weighted by Gasteiger charge is 2.14. The number of aromatic amines is 1. The predicted molar refractivity (Wildman–Crippen MR) is 104 cm³/mol. The zero-order valence-corrected chi connectivity index (χ0v) is 15.8. The van der Waals surface area contributed by atoms with Crippen LogP contribution in [-0.4, -0.2) is 31.2 Å². The van der Waals surface area contributed by atoms with E-state index in [0.29, 0.717) is 29.7 Å². The highest BCUT2D eigenvalue weighted by atomic mass is 35.5. The molecule has 0 aliphatic rings. The Hall–Kier alpha value is -2.51. The zero-order chi connectivity index (χ0) is 18.3. The molecular weight excluding hydrogens is 370 g/mol. The number of amides is 1. The van der Waals surface area contributed by atoms with Gasteiger partial charge in [-0.05, 0) is 43.5 Å². The van der Waals surface area contributed by atoms with E-state index in [1.807, 2.05) is 19.1 Å². The average molecular weight is 386 g/mol. The molecule has 4 rings (SSSR count). The molecular formula is C18H16ClN5OS. The summed E-state index contributed by atoms with van der Waals surface area (Å²) in [4.78, 5) is 19.9. The number of rotatable bonds is 4. The number of benzene rings is 1. The lowest BCUT2D eigenvalue weighted by Gasteiger charge is -2.06. The van der Waals surface area contributed by atoms with Gasteiger partial charge in [0, 0.05) is 23.8 Å². The van der Waals surface area contributed by atoms with Crippen LogP contribution in [0.3, 0.4) is 0 Å². The first-order chi connectivity index (χ1) is 12.5. The van der Waals surface area contributed by atoms with Crippen LogP contribution in [0.25, 0.3) is 22.1 Å². The molecule has 1 amide bonds. The van der Waals surface area contributed by atoms with Gasteiger partial charge in [0.05, 0.1) is 27.8 Å². The second kappa shape index (κ2) is 6.66. The van der Waals surface area contributed by atoms with Crippen molar-refractivity contribution in [2.24, 2.45) is 0 Å². The van der Waals surface area contributed by atoms with E-state index in [0.717, 1.165) is 44.5 Å². The molecule has 132 valence electrons. The highest BCUT2D eigenvalue weighted by Crippen LogP contribution is 2.31. The molecule has 0 spiro atoms. The number of aryl methyl sites for hydroxylation is 2. The standard InChI is InChI=1S/C18H16ClN5OS/c1-9-3-4-13(19)15-12(10(2)22-16(9)15)5-6-20-18(25)11-7-14-17(21-8-11)24-26-23-14/h3-4,7-8,22H,5-6H2,1-2H3,(H,20,25). The largest absolute Gasteiger partial charge is 0.358 e. The Morgan fingerprint density at radius 3 is 3.00 bits per heavy atom. The van der Waals surface area contributed by atoms with Crippen molar-refractivity contribution in [1.82, 2.24) is 24.0 Å². The fourth-order valence-electron chi connectivity index (χ4n) is 3.11. The molecule has 0 fully saturated rings. The van der Waals surface area contributed by atoms with Crippen molar-refractivity contribution >= 4 is 51.3 Å². The number of nitrogens with one attached hydrogen (secondary N) is 2. The minimum absolute atomic E-state index is 0.174. The third-order valence-corrected chi connectivity index (χ3v) is 5.31. The number of aromatic nitrogens is 4. The maximum atomic E-state index is 12.4. The Kier molecular flexibility index (Phi) is 4.34. The minimum atomic E-state index is -0.174. The van der Waals surface area contributed by atoms with Crippen LogP contribution < -0.4 is 5.32 Å². The van der Waals surface area contributed by atoms with Crippen LogP contribution in [0.1, 0.15) is 27.2 Å². The number of carbonyl (C=O) groups excluding carboxylic acids is 1. The molecule has 3 aromatic heterocycles. The van der Waals surface area contributed by atoms with Crippen LogP contribution in [0, 0.1) is 13.8 Å². The fourth-order valence-corrected chi connectivity index (χ4v) is 3.87. The van der Waals surface area contributed by atoms with Gasteiger partial charge in [0.25, 0.3) is 5.91 Å². The molecule has 6 nitrogen and oxygen atoms in total. The third-order valence-electron chi connectivity index (χ3n) is 4.47. The van der Waals surface area contributed by atoms with Gasteiger partial charge in [-0.15, -0.1) is 0 Å². The summed E-state index contributed by atoms with van der Waals surface area (Å²) in [5.74, 6) is -0.174. The van der Waals surface area contributed by atoms with Crippen molar-refractivity contribution in [3.63, 3.8) is 0 Å². The topological polar surface area (TPSA) is 83.6 Å². The SMILES string of the molecule is Cc1[nH]c2c(C)ccc(Cl)c2c1CCNC(=O)c1cnc2nsnc2c1. The Morgan fingerprint density at radius 1 is 1.31 bits per heavy atom. The molecule has 0 saturated carbocycles. The number of nitrogens with zero attached hydrogens (tertiary/aromatic N) is 3. The number of carbonyl (C=O) groups is 1. The lowest BCUT2D eigenvalue weighted by molar-refractivity contribution is 0.0954. The van der Waals surface area contributed by atoms with E-state index in [1.54, 1.807) is 6.07 Å². The average Bonchev–Trinajstić information content (AvgIpc) is 3.22. The maximum absolute atomic E-state index is 12.4. The van der Waals surface area contributed by atoms with Gasteiger partial charge in [-0.3, -0.25) is 4.79 Å². The van der Waals surface area contributed by atoms with Crippen LogP contribution in [0.4, 0.5) is 0 Å². The summed E-state index contributed by atoms with van der Waals surface area (Å²) < 4.78 is 8.16. The molecule has 0 aliphatic heterocycles. The lowest BCUT2D eigenvalue weighted by Crippen LogP contribution is -2.25. The summed E-state index contributed by atoms with van der Waals surface area (Å²) in [6, 6.07) is 5.62. The van der Waals surface area contributed by atoms with Crippen LogP contribution >= 0.6 is 23.3 Å². The van der Waals surface area contributed by atoms with E-state index in [9.17, 15) is 4.79 Å². The third kappa shape index (κ3) is 2.93. The van der Waals surface area contributed by atoms with Crippen molar-refractivity contribution in [2.45, 2.75) is 20.3 Å². The minimum Gasteiger partial charge on any atom is -0.358 e. The van der Waals surface area contributed by atoms with Gasteiger partial charge in [0.2, 0.25) is 0 Å². The van der Waals surface area contributed by atoms with Crippen LogP contribution in [0.5, 0.6) is 0 Å². The van der Waals surface area contributed by atoms with Gasteiger partial charge in [-0.25, -0.2) is 4.98 Å². The van der Waals surface area contributed by atoms with Crippen molar-refractivity contribution < 1.29 is 4.79 Å². The fraction of sp³-hybridized carbons (Fsp3) is 0.222. The second-order valence-corrected chi connectivity index (χ2v) is 7.12. The van der Waals surface area contributed by atoms with Crippen LogP contribution in [0.15, 0.2) is 24.4 Å². The first-order valence-corrected chi connectivity index (χ1v) is 9.28. The summed E-state index contributed by atoms with van der Waals surface area (Å²) in [6.07, 6.45) is 2.21. The number of hydrogen-bond acceptors (Lipinski definition) is 5. The normalized spacial score (nSPS) is 11.3. The molecule has 0 bridgehead atoms. The van der Waals surface area contributed by atoms with E-state index in [4.69, 9.17) is 11.6 Å². The number of fused-ring (bicyclic) bond motifs is 2. The number of H-pyrrole nitrogens is 1. The predicted octanol–water partition coefficient (Wildman–Crippen LogP) is 3.81. The number of hydrogen-bond donors (Lipinski definition) is 2. The summed E-state index contributed by atoms with van der Waals surface area (Å²) in [7, 11) is 0. The second-order valence-electron chi connectivity index (χ2n) is 6.18. The Morgan fingerprint density at radius 2 is 2.15 bits per heavy atom. The molecule has 1 aromatic carbocycles. The molecule has 0 unspecified atom stereocenters. The van der Waals surface area contributed by atoms with Gasteiger partial charge in [0.1, 0.15) is 5.52 Å². The van der Waals surface area contributed by atoms with Gasteiger partial charge >= 0.3 is 0 Å². The lowest BCUT2D eigenvalue weighted by atomic mass is 10.1. The van der Waals surface area contributed by atoms with E-state index in [1.165, 1.54) is 6.20 Å². The molecule has 4 aromatic rings. The number of halogens is 1. The Bertz CT molecular complexity index is 1130.